The quantitative estimate of drug-likeness (QED) is 0.600. The number of hydrogen-bond acceptors (Lipinski definition) is 3. The predicted molar refractivity (Wildman–Crippen MR) is 66.2 cm³/mol. The van der Waals surface area contributed by atoms with Crippen LogP contribution in [-0.4, -0.2) is 54.1 Å². The highest BCUT2D eigenvalue weighted by molar-refractivity contribution is 5.84. The fourth-order valence-corrected chi connectivity index (χ4v) is 1.21. The fraction of sp³-hybridized carbons (Fsp3) is 0.727. The first-order chi connectivity index (χ1) is 8.40. The summed E-state index contributed by atoms with van der Waals surface area (Å²) in [5.74, 6) is -1.16. The molecule has 0 saturated heterocycles. The molecule has 0 aromatic rings. The predicted octanol–water partition coefficient (Wildman–Crippen LogP) is 0.0172. The number of carbonyl (C=O) groups excluding carboxylic acids is 2. The third-order valence-electron chi connectivity index (χ3n) is 2.55. The Morgan fingerprint density at radius 3 is 2.33 bits per heavy atom. The molecule has 0 aromatic carbocycles. The van der Waals surface area contributed by atoms with Gasteiger partial charge in [-0.25, -0.2) is 4.79 Å². The fourth-order valence-electron chi connectivity index (χ4n) is 1.21. The molecule has 0 aliphatic rings. The van der Waals surface area contributed by atoms with E-state index in [9.17, 15) is 14.4 Å². The lowest BCUT2D eigenvalue weighted by Crippen LogP contribution is -2.46. The lowest BCUT2D eigenvalue weighted by Gasteiger charge is -2.17. The van der Waals surface area contributed by atoms with E-state index in [2.05, 4.69) is 10.6 Å². The minimum absolute atomic E-state index is 0.0975. The van der Waals surface area contributed by atoms with Gasteiger partial charge >= 0.3 is 12.0 Å². The first-order valence-electron chi connectivity index (χ1n) is 5.90. The Morgan fingerprint density at radius 1 is 1.28 bits per heavy atom. The van der Waals surface area contributed by atoms with Crippen LogP contribution >= 0.6 is 0 Å². The van der Waals surface area contributed by atoms with Gasteiger partial charge in [-0.15, -0.1) is 0 Å². The van der Waals surface area contributed by atoms with Crippen LogP contribution in [0.3, 0.4) is 0 Å². The molecular formula is C11H21N3O4. The maximum atomic E-state index is 11.4. The van der Waals surface area contributed by atoms with Gasteiger partial charge in [0.15, 0.2) is 0 Å². The molecular weight excluding hydrogens is 238 g/mol. The van der Waals surface area contributed by atoms with Crippen molar-refractivity contribution in [2.75, 3.05) is 20.1 Å². The molecule has 18 heavy (non-hydrogen) atoms. The monoisotopic (exact) mass is 259 g/mol. The van der Waals surface area contributed by atoms with Crippen LogP contribution in [-0.2, 0) is 9.59 Å². The zero-order chi connectivity index (χ0) is 14.1. The molecule has 0 rings (SSSR count). The van der Waals surface area contributed by atoms with E-state index in [-0.39, 0.29) is 18.9 Å². The Kier molecular flexibility index (Phi) is 7.50. The van der Waals surface area contributed by atoms with Crippen molar-refractivity contribution >= 4 is 17.9 Å². The molecule has 0 aliphatic heterocycles. The number of likely N-dealkylation sites (N-methyl/N-ethyl adjacent to an activating group) is 1. The van der Waals surface area contributed by atoms with E-state index in [0.29, 0.717) is 13.0 Å². The van der Waals surface area contributed by atoms with Gasteiger partial charge in [0.2, 0.25) is 5.91 Å². The molecule has 0 saturated carbocycles. The van der Waals surface area contributed by atoms with Crippen LogP contribution in [0, 0.1) is 0 Å². The van der Waals surface area contributed by atoms with E-state index >= 15 is 0 Å². The number of nitrogens with zero attached hydrogens (tertiary/aromatic N) is 1. The van der Waals surface area contributed by atoms with Gasteiger partial charge in [0.05, 0.1) is 13.0 Å². The summed E-state index contributed by atoms with van der Waals surface area (Å²) in [6.45, 7) is 4.08. The van der Waals surface area contributed by atoms with Crippen molar-refractivity contribution < 1.29 is 19.5 Å². The van der Waals surface area contributed by atoms with Gasteiger partial charge in [0.1, 0.15) is 0 Å². The van der Waals surface area contributed by atoms with Gasteiger partial charge in [-0.3, -0.25) is 9.59 Å². The molecule has 0 aromatic heterocycles. The largest absolute Gasteiger partial charge is 0.481 e. The van der Waals surface area contributed by atoms with E-state index in [0.717, 1.165) is 0 Å². The molecule has 3 amide bonds. The molecule has 7 nitrogen and oxygen atoms in total. The zero-order valence-corrected chi connectivity index (χ0v) is 11.0. The highest BCUT2D eigenvalue weighted by atomic mass is 16.4. The van der Waals surface area contributed by atoms with E-state index < -0.39 is 18.0 Å². The van der Waals surface area contributed by atoms with Gasteiger partial charge in [-0.05, 0) is 13.3 Å². The molecule has 0 fully saturated rings. The van der Waals surface area contributed by atoms with Crippen molar-refractivity contribution in [1.29, 1.82) is 0 Å². The number of amides is 3. The molecule has 1 atom stereocenters. The maximum absolute atomic E-state index is 11.4. The normalized spacial score (nSPS) is 11.5. The van der Waals surface area contributed by atoms with E-state index in [1.54, 1.807) is 14.0 Å². The maximum Gasteiger partial charge on any atom is 0.315 e. The Balaban J connectivity index is 4.02. The number of hydrogen-bond donors (Lipinski definition) is 3. The highest BCUT2D eigenvalue weighted by Crippen LogP contribution is 1.97. The summed E-state index contributed by atoms with van der Waals surface area (Å²) in [5.41, 5.74) is 0. The molecule has 0 heterocycles. The first kappa shape index (κ1) is 16.2. The molecule has 0 bridgehead atoms. The summed E-state index contributed by atoms with van der Waals surface area (Å²) >= 11 is 0. The van der Waals surface area contributed by atoms with Crippen molar-refractivity contribution in [3.63, 3.8) is 0 Å². The summed E-state index contributed by atoms with van der Waals surface area (Å²) in [7, 11) is 1.64. The van der Waals surface area contributed by atoms with Crippen LogP contribution in [0.1, 0.15) is 26.7 Å². The number of carboxylic acid groups (broad SMARTS) is 1. The average Bonchev–Trinajstić information content (AvgIpc) is 2.33. The average molecular weight is 259 g/mol. The Bertz CT molecular complexity index is 307. The van der Waals surface area contributed by atoms with Crippen LogP contribution in [0.2, 0.25) is 0 Å². The van der Waals surface area contributed by atoms with E-state index in [4.69, 9.17) is 5.11 Å². The molecule has 7 heteroatoms. The van der Waals surface area contributed by atoms with Gasteiger partial charge < -0.3 is 20.6 Å². The highest BCUT2D eigenvalue weighted by Gasteiger charge is 2.14. The smallest absolute Gasteiger partial charge is 0.315 e. The van der Waals surface area contributed by atoms with Crippen molar-refractivity contribution in [2.24, 2.45) is 0 Å². The summed E-state index contributed by atoms with van der Waals surface area (Å²) in [5, 5.41) is 13.5. The van der Waals surface area contributed by atoms with Crippen LogP contribution in [0.4, 0.5) is 4.79 Å². The van der Waals surface area contributed by atoms with Crippen molar-refractivity contribution in [3.05, 3.63) is 0 Å². The number of urea groups is 1. The standard InChI is InChI=1S/C11H21N3O4/c1-4-8(6-10(16)17)13-11(18)12-7-9(15)14(3)5-2/h8H,4-7H2,1-3H3,(H,16,17)(H2,12,13,18). The lowest BCUT2D eigenvalue weighted by molar-refractivity contribution is -0.137. The van der Waals surface area contributed by atoms with Gasteiger partial charge in [0, 0.05) is 19.6 Å². The molecule has 104 valence electrons. The molecule has 1 unspecified atom stereocenters. The second-order valence-corrected chi connectivity index (χ2v) is 3.94. The minimum Gasteiger partial charge on any atom is -0.481 e. The first-order valence-corrected chi connectivity index (χ1v) is 5.90. The van der Waals surface area contributed by atoms with Crippen molar-refractivity contribution in [2.45, 2.75) is 32.7 Å². The Morgan fingerprint density at radius 2 is 1.89 bits per heavy atom. The SMILES string of the molecule is CCC(CC(=O)O)NC(=O)NCC(=O)N(C)CC. The van der Waals surface area contributed by atoms with Gasteiger partial charge in [0.25, 0.3) is 0 Å². The third kappa shape index (κ3) is 6.72. The van der Waals surface area contributed by atoms with Crippen LogP contribution in [0.15, 0.2) is 0 Å². The number of rotatable bonds is 7. The number of carbonyl (C=O) groups is 3. The van der Waals surface area contributed by atoms with Gasteiger partial charge in [-0.1, -0.05) is 6.92 Å². The molecule has 0 radical (unpaired) electrons. The van der Waals surface area contributed by atoms with Crippen LogP contribution in [0.5, 0.6) is 0 Å². The number of carboxylic acids is 1. The zero-order valence-electron chi connectivity index (χ0n) is 11.0. The Hall–Kier alpha value is -1.79. The summed E-state index contributed by atoms with van der Waals surface area (Å²) in [4.78, 5) is 34.8. The second kappa shape index (κ2) is 8.32. The summed E-state index contributed by atoms with van der Waals surface area (Å²) in [6, 6.07) is -0.956. The Labute approximate surface area is 107 Å². The van der Waals surface area contributed by atoms with Gasteiger partial charge in [-0.2, -0.15) is 0 Å². The number of nitrogens with one attached hydrogen (secondary N) is 2. The lowest BCUT2D eigenvalue weighted by atomic mass is 10.1. The topological polar surface area (TPSA) is 98.7 Å². The minimum atomic E-state index is -0.969. The third-order valence-corrected chi connectivity index (χ3v) is 2.55. The molecule has 0 aliphatic carbocycles. The molecule has 3 N–H and O–H groups in total. The van der Waals surface area contributed by atoms with Crippen LogP contribution in [0.25, 0.3) is 0 Å². The summed E-state index contributed by atoms with van der Waals surface area (Å²) in [6.07, 6.45) is 0.384. The van der Waals surface area contributed by atoms with Crippen LogP contribution < -0.4 is 10.6 Å². The van der Waals surface area contributed by atoms with Crippen molar-refractivity contribution in [1.82, 2.24) is 15.5 Å². The molecule has 0 spiro atoms. The summed E-state index contributed by atoms with van der Waals surface area (Å²) < 4.78 is 0. The van der Waals surface area contributed by atoms with E-state index in [1.165, 1.54) is 4.90 Å². The second-order valence-electron chi connectivity index (χ2n) is 3.94. The number of aliphatic carboxylic acids is 1. The van der Waals surface area contributed by atoms with Crippen molar-refractivity contribution in [3.8, 4) is 0 Å². The van der Waals surface area contributed by atoms with E-state index in [1.807, 2.05) is 6.92 Å².